The van der Waals surface area contributed by atoms with Crippen LogP contribution < -0.4 is 10.6 Å². The van der Waals surface area contributed by atoms with E-state index in [-0.39, 0.29) is 0 Å². The molecule has 0 aliphatic rings. The van der Waals surface area contributed by atoms with Gasteiger partial charge in [0.1, 0.15) is 5.75 Å². The van der Waals surface area contributed by atoms with Crippen LogP contribution in [0, 0.1) is 6.92 Å². The second-order valence-electron chi connectivity index (χ2n) is 4.27. The third-order valence-corrected chi connectivity index (χ3v) is 3.07. The van der Waals surface area contributed by atoms with Crippen LogP contribution in [0.15, 0.2) is 36.5 Å². The zero-order valence-electron chi connectivity index (χ0n) is 11.2. The molecular weight excluding hydrogens is 256 g/mol. The fourth-order valence-electron chi connectivity index (χ4n) is 1.95. The minimum absolute atomic E-state index is 0.471. The monoisotopic (exact) mass is 270 g/mol. The molecule has 0 bridgehead atoms. The summed E-state index contributed by atoms with van der Waals surface area (Å²) in [6.07, 6.45) is 1.70. The molecule has 3 rings (SSSR count). The van der Waals surface area contributed by atoms with Gasteiger partial charge in [-0.05, 0) is 37.3 Å². The van der Waals surface area contributed by atoms with Crippen LogP contribution in [0.1, 0.15) is 5.82 Å². The first-order valence-corrected chi connectivity index (χ1v) is 6.06. The van der Waals surface area contributed by atoms with Gasteiger partial charge in [0.15, 0.2) is 5.82 Å². The van der Waals surface area contributed by atoms with Gasteiger partial charge in [-0.15, -0.1) is 10.2 Å². The van der Waals surface area contributed by atoms with Crippen molar-refractivity contribution in [1.82, 2.24) is 24.7 Å². The highest BCUT2D eigenvalue weighted by Crippen LogP contribution is 2.23. The number of nitrogens with two attached hydrogens (primary N) is 1. The van der Waals surface area contributed by atoms with Crippen molar-refractivity contribution >= 4 is 0 Å². The first kappa shape index (κ1) is 12.2. The molecule has 7 heteroatoms. The standard InChI is InChI=1S/C13H14N6O/c1-9-16-17-13(18(9)14)19-12(7-8-15-19)10-3-5-11(20-2)6-4-10/h3-8H,14H2,1-2H3. The van der Waals surface area contributed by atoms with Crippen molar-refractivity contribution in [3.8, 4) is 23.0 Å². The molecule has 0 fully saturated rings. The van der Waals surface area contributed by atoms with Crippen LogP contribution in [-0.4, -0.2) is 31.8 Å². The van der Waals surface area contributed by atoms with E-state index in [1.54, 1.807) is 24.9 Å². The Morgan fingerprint density at radius 3 is 2.45 bits per heavy atom. The predicted octanol–water partition coefficient (Wildman–Crippen LogP) is 1.16. The molecule has 1 aromatic carbocycles. The largest absolute Gasteiger partial charge is 0.497 e. The molecule has 0 amide bonds. The molecule has 20 heavy (non-hydrogen) atoms. The van der Waals surface area contributed by atoms with E-state index in [9.17, 15) is 0 Å². The maximum atomic E-state index is 5.90. The molecule has 7 nitrogen and oxygen atoms in total. The van der Waals surface area contributed by atoms with Gasteiger partial charge in [0, 0.05) is 5.56 Å². The summed E-state index contributed by atoms with van der Waals surface area (Å²) in [5.74, 6) is 7.79. The van der Waals surface area contributed by atoms with Crippen molar-refractivity contribution in [2.75, 3.05) is 13.0 Å². The topological polar surface area (TPSA) is 83.8 Å². The summed E-state index contributed by atoms with van der Waals surface area (Å²) in [4.78, 5) is 0. The molecule has 2 N–H and O–H groups in total. The second kappa shape index (κ2) is 4.69. The second-order valence-corrected chi connectivity index (χ2v) is 4.27. The lowest BCUT2D eigenvalue weighted by molar-refractivity contribution is 0.415. The number of nitrogen functional groups attached to an aromatic ring is 1. The molecule has 0 aliphatic heterocycles. The molecule has 2 aromatic heterocycles. The average Bonchev–Trinajstić information content (AvgIpc) is 3.07. The van der Waals surface area contributed by atoms with E-state index in [4.69, 9.17) is 10.6 Å². The zero-order valence-corrected chi connectivity index (χ0v) is 11.2. The number of hydrogen-bond acceptors (Lipinski definition) is 5. The summed E-state index contributed by atoms with van der Waals surface area (Å²) >= 11 is 0. The van der Waals surface area contributed by atoms with Crippen LogP contribution in [0.4, 0.5) is 0 Å². The van der Waals surface area contributed by atoms with Crippen molar-refractivity contribution < 1.29 is 4.74 Å². The normalized spacial score (nSPS) is 10.7. The maximum Gasteiger partial charge on any atom is 0.271 e. The number of aromatic nitrogens is 5. The van der Waals surface area contributed by atoms with Gasteiger partial charge in [0.2, 0.25) is 0 Å². The Labute approximate surface area is 115 Å². The van der Waals surface area contributed by atoms with Crippen molar-refractivity contribution in [1.29, 1.82) is 0 Å². The Morgan fingerprint density at radius 2 is 1.85 bits per heavy atom. The summed E-state index contributed by atoms with van der Waals surface area (Å²) < 4.78 is 8.21. The van der Waals surface area contributed by atoms with Crippen molar-refractivity contribution in [3.05, 3.63) is 42.4 Å². The molecule has 0 atom stereocenters. The molecular formula is C13H14N6O. The summed E-state index contributed by atoms with van der Waals surface area (Å²) in [6, 6.07) is 9.59. The Hall–Kier alpha value is -2.83. The molecule has 0 spiro atoms. The Balaban J connectivity index is 2.07. The maximum absolute atomic E-state index is 5.90. The molecule has 2 heterocycles. The van der Waals surface area contributed by atoms with Gasteiger partial charge in [0.05, 0.1) is 19.0 Å². The first-order chi connectivity index (χ1) is 9.70. The molecule has 3 aromatic rings. The smallest absolute Gasteiger partial charge is 0.271 e. The lowest BCUT2D eigenvalue weighted by Gasteiger charge is -2.07. The molecule has 0 saturated heterocycles. The van der Waals surface area contributed by atoms with E-state index in [1.807, 2.05) is 30.3 Å². The van der Waals surface area contributed by atoms with Gasteiger partial charge in [-0.1, -0.05) is 0 Å². The number of rotatable bonds is 3. The number of hydrogen-bond donors (Lipinski definition) is 1. The van der Waals surface area contributed by atoms with E-state index < -0.39 is 0 Å². The van der Waals surface area contributed by atoms with Gasteiger partial charge in [-0.3, -0.25) is 0 Å². The number of aryl methyl sites for hydroxylation is 1. The van der Waals surface area contributed by atoms with E-state index in [0.29, 0.717) is 11.8 Å². The van der Waals surface area contributed by atoms with Gasteiger partial charge >= 0.3 is 0 Å². The number of ether oxygens (including phenoxy) is 1. The van der Waals surface area contributed by atoms with E-state index in [0.717, 1.165) is 17.0 Å². The van der Waals surface area contributed by atoms with Crippen LogP contribution in [-0.2, 0) is 0 Å². The van der Waals surface area contributed by atoms with Crippen LogP contribution in [0.2, 0.25) is 0 Å². The summed E-state index contributed by atoms with van der Waals surface area (Å²) in [5, 5.41) is 12.2. The summed E-state index contributed by atoms with van der Waals surface area (Å²) in [5.41, 5.74) is 1.87. The van der Waals surface area contributed by atoms with Crippen LogP contribution >= 0.6 is 0 Å². The molecule has 102 valence electrons. The molecule has 0 unspecified atom stereocenters. The zero-order chi connectivity index (χ0) is 14.1. The fourth-order valence-corrected chi connectivity index (χ4v) is 1.95. The van der Waals surface area contributed by atoms with Gasteiger partial charge < -0.3 is 10.6 Å². The third-order valence-electron chi connectivity index (χ3n) is 3.07. The van der Waals surface area contributed by atoms with E-state index in [2.05, 4.69) is 15.3 Å². The quantitative estimate of drug-likeness (QED) is 0.722. The van der Waals surface area contributed by atoms with Gasteiger partial charge in [0.25, 0.3) is 5.95 Å². The van der Waals surface area contributed by atoms with Crippen LogP contribution in [0.5, 0.6) is 5.75 Å². The third kappa shape index (κ3) is 1.89. The average molecular weight is 270 g/mol. The highest BCUT2D eigenvalue weighted by Gasteiger charge is 2.13. The van der Waals surface area contributed by atoms with E-state index >= 15 is 0 Å². The van der Waals surface area contributed by atoms with Gasteiger partial charge in [-0.25, -0.2) is 4.68 Å². The minimum atomic E-state index is 0.471. The lowest BCUT2D eigenvalue weighted by atomic mass is 10.1. The Morgan fingerprint density at radius 1 is 1.10 bits per heavy atom. The number of nitrogens with zero attached hydrogens (tertiary/aromatic N) is 5. The SMILES string of the molecule is COc1ccc(-c2ccnn2-c2nnc(C)n2N)cc1. The van der Waals surface area contributed by atoms with Crippen molar-refractivity contribution in [3.63, 3.8) is 0 Å². The molecule has 0 aliphatic carbocycles. The highest BCUT2D eigenvalue weighted by atomic mass is 16.5. The first-order valence-electron chi connectivity index (χ1n) is 6.06. The van der Waals surface area contributed by atoms with Crippen LogP contribution in [0.3, 0.4) is 0 Å². The Kier molecular flexibility index (Phi) is 2.86. The number of methoxy groups -OCH3 is 1. The predicted molar refractivity (Wildman–Crippen MR) is 74.0 cm³/mol. The highest BCUT2D eigenvalue weighted by molar-refractivity contribution is 5.61. The van der Waals surface area contributed by atoms with E-state index in [1.165, 1.54) is 4.68 Å². The van der Waals surface area contributed by atoms with Crippen molar-refractivity contribution in [2.45, 2.75) is 6.92 Å². The van der Waals surface area contributed by atoms with Gasteiger partial charge in [-0.2, -0.15) is 9.78 Å². The molecule has 0 radical (unpaired) electrons. The summed E-state index contributed by atoms with van der Waals surface area (Å²) in [6.45, 7) is 1.78. The minimum Gasteiger partial charge on any atom is -0.497 e. The van der Waals surface area contributed by atoms with Crippen molar-refractivity contribution in [2.24, 2.45) is 0 Å². The lowest BCUT2D eigenvalue weighted by Crippen LogP contribution is -2.17. The summed E-state index contributed by atoms with van der Waals surface area (Å²) in [7, 11) is 1.64. The molecule has 0 saturated carbocycles. The van der Waals surface area contributed by atoms with Crippen LogP contribution in [0.25, 0.3) is 17.2 Å². The Bertz CT molecular complexity index is 728. The fraction of sp³-hybridized carbons (Fsp3) is 0.154. The number of benzene rings is 1.